The summed E-state index contributed by atoms with van der Waals surface area (Å²) in [6.07, 6.45) is -14.3. The number of aliphatic hydroxyl groups excluding tert-OH is 3. The molecule has 0 spiro atoms. The zero-order valence-electron chi connectivity index (χ0n) is 16.8. The number of carbonyl (C=O) groups is 2. The van der Waals surface area contributed by atoms with Gasteiger partial charge in [0.05, 0.1) is 6.61 Å². The molecule has 4 N–H and O–H groups in total. The van der Waals surface area contributed by atoms with Crippen molar-refractivity contribution in [3.8, 4) is 0 Å². The molecule has 196 valence electrons. The second kappa shape index (κ2) is 10.7. The van der Waals surface area contributed by atoms with Crippen molar-refractivity contribution in [2.45, 2.75) is 56.1 Å². The average Bonchev–Trinajstić information content (AvgIpc) is 2.66. The maximum Gasteiger partial charge on any atom is 0.231 e. The van der Waals surface area contributed by atoms with E-state index in [0.717, 1.165) is 6.92 Å². The molecule has 34 heavy (non-hydrogen) atoms. The van der Waals surface area contributed by atoms with E-state index in [0.29, 0.717) is 6.08 Å². The Kier molecular flexibility index (Phi) is 8.93. The molecule has 0 radical (unpaired) electrons. The van der Waals surface area contributed by atoms with Crippen LogP contribution in [0.5, 0.6) is 0 Å². The Balaban J connectivity index is 2.41. The topological polar surface area (TPSA) is 290 Å². The van der Waals surface area contributed by atoms with E-state index in [1.165, 1.54) is 0 Å². The van der Waals surface area contributed by atoms with Crippen LogP contribution in [0, 0.1) is 0 Å². The van der Waals surface area contributed by atoms with E-state index in [-0.39, 0.29) is 0 Å². The number of ether oxygens (including phenoxy) is 3. The zero-order chi connectivity index (χ0) is 26.0. The lowest BCUT2D eigenvalue weighted by atomic mass is 9.96. The number of carboxylic acids is 1. The minimum atomic E-state index is -5.56. The van der Waals surface area contributed by atoms with Crippen LogP contribution in [0.3, 0.4) is 0 Å². The van der Waals surface area contributed by atoms with Crippen molar-refractivity contribution < 1.29 is 78.5 Å². The van der Waals surface area contributed by atoms with E-state index in [4.69, 9.17) is 14.2 Å². The molecule has 8 atom stereocenters. The minimum Gasteiger partial charge on any atom is -0.726 e. The summed E-state index contributed by atoms with van der Waals surface area (Å²) in [4.78, 5) is 22.5. The van der Waals surface area contributed by atoms with Gasteiger partial charge in [-0.15, -0.1) is 0 Å². The Morgan fingerprint density at radius 2 is 1.74 bits per heavy atom. The number of nitrogens with one attached hydrogen (secondary N) is 1. The van der Waals surface area contributed by atoms with Crippen LogP contribution in [0.25, 0.3) is 0 Å². The largest absolute Gasteiger partial charge is 0.726 e. The van der Waals surface area contributed by atoms with Gasteiger partial charge in [0.1, 0.15) is 42.2 Å². The van der Waals surface area contributed by atoms with Crippen molar-refractivity contribution in [3.05, 3.63) is 11.8 Å². The molecule has 0 saturated carbocycles. The lowest BCUT2D eigenvalue weighted by Gasteiger charge is -2.45. The third-order valence-electron chi connectivity index (χ3n) is 4.33. The smallest absolute Gasteiger partial charge is 0.231 e. The highest BCUT2D eigenvalue weighted by molar-refractivity contribution is 7.81. The Morgan fingerprint density at radius 1 is 1.12 bits per heavy atom. The fraction of sp³-hybridized carbons (Fsp3) is 0.714. The highest BCUT2D eigenvalue weighted by Crippen LogP contribution is 2.29. The second-order valence-electron chi connectivity index (χ2n) is 6.84. The van der Waals surface area contributed by atoms with Crippen molar-refractivity contribution >= 4 is 32.7 Å². The minimum absolute atomic E-state index is 0.410. The number of aliphatic hydroxyl groups is 3. The summed E-state index contributed by atoms with van der Waals surface area (Å²) in [5.74, 6) is -3.94. The van der Waals surface area contributed by atoms with Crippen LogP contribution in [0.15, 0.2) is 11.8 Å². The van der Waals surface area contributed by atoms with Crippen molar-refractivity contribution in [2.75, 3.05) is 6.61 Å². The van der Waals surface area contributed by atoms with Crippen LogP contribution in [-0.4, -0.2) is 109 Å². The van der Waals surface area contributed by atoms with E-state index >= 15 is 0 Å². The summed E-state index contributed by atoms with van der Waals surface area (Å²) in [5, 5.41) is 43.8. The number of carbonyl (C=O) groups excluding carboxylic acids is 2. The van der Waals surface area contributed by atoms with E-state index in [2.05, 4.69) is 13.7 Å². The molecular formula is C14H18NO17S2-3. The average molecular weight is 536 g/mol. The van der Waals surface area contributed by atoms with Crippen LogP contribution in [0.2, 0.25) is 0 Å². The van der Waals surface area contributed by atoms with Gasteiger partial charge in [0.25, 0.3) is 0 Å². The van der Waals surface area contributed by atoms with E-state index in [9.17, 15) is 56.0 Å². The molecule has 2 heterocycles. The molecule has 8 unspecified atom stereocenters. The van der Waals surface area contributed by atoms with Gasteiger partial charge in [-0.2, -0.15) is 0 Å². The van der Waals surface area contributed by atoms with Crippen LogP contribution >= 0.6 is 0 Å². The van der Waals surface area contributed by atoms with Gasteiger partial charge in [0.15, 0.2) is 12.4 Å². The van der Waals surface area contributed by atoms with Crippen molar-refractivity contribution in [1.82, 2.24) is 5.32 Å². The van der Waals surface area contributed by atoms with Gasteiger partial charge in [-0.3, -0.25) is 13.2 Å². The van der Waals surface area contributed by atoms with E-state index < -0.39 is 94.2 Å². The Morgan fingerprint density at radius 3 is 2.24 bits per heavy atom. The van der Waals surface area contributed by atoms with E-state index in [1.54, 1.807) is 0 Å². The van der Waals surface area contributed by atoms with Crippen LogP contribution in [0.4, 0.5) is 0 Å². The molecule has 1 amide bonds. The molecule has 20 heteroatoms. The number of carboxylic acid groups (broad SMARTS) is 1. The number of aliphatic carboxylic acids is 1. The number of hydrogen-bond donors (Lipinski definition) is 4. The standard InChI is InChI=1S/C14H21NO17S2/c1-4(16)15-8-9(18)11(7(29-13(8)21)3-28-33(22,23)24)31-14-10(32-34(25,26)27)5(17)2-6(30-14)12(19)20/h2,5,7-11,13-14,17-18,21H,3H2,1H3,(H,15,16)(H,19,20)(H,22,23,24)(H,25,26,27)/p-3. The molecule has 0 bridgehead atoms. The fourth-order valence-electron chi connectivity index (χ4n) is 3.04. The highest BCUT2D eigenvalue weighted by atomic mass is 32.3. The number of hydrogen-bond acceptors (Lipinski definition) is 17. The summed E-state index contributed by atoms with van der Waals surface area (Å²) < 4.78 is 88.7. The SMILES string of the molecule is CC(=O)NC1C(O)OC(COS(=O)(=O)[O-])C(OC2OC(C(=O)[O-])=CC(O)C2OS(=O)(=O)[O-])C1O. The monoisotopic (exact) mass is 536 g/mol. The maximum atomic E-state index is 11.4. The molecule has 2 aliphatic rings. The van der Waals surface area contributed by atoms with Crippen LogP contribution in [-0.2, 0) is 53.0 Å². The summed E-state index contributed by atoms with van der Waals surface area (Å²) >= 11 is 0. The highest BCUT2D eigenvalue weighted by Gasteiger charge is 2.49. The molecule has 18 nitrogen and oxygen atoms in total. The first-order valence-corrected chi connectivity index (χ1v) is 11.6. The normalized spacial score (nSPS) is 34.6. The van der Waals surface area contributed by atoms with Gasteiger partial charge in [0, 0.05) is 6.92 Å². The fourth-order valence-corrected chi connectivity index (χ4v) is 3.81. The molecule has 0 aromatic rings. The van der Waals surface area contributed by atoms with Gasteiger partial charge in [-0.1, -0.05) is 0 Å². The maximum absolute atomic E-state index is 11.4. The number of amides is 1. The quantitative estimate of drug-likeness (QED) is 0.157. The van der Waals surface area contributed by atoms with Gasteiger partial charge in [-0.05, 0) is 6.08 Å². The lowest BCUT2D eigenvalue weighted by molar-refractivity contribution is -0.320. The summed E-state index contributed by atoms with van der Waals surface area (Å²) in [6.45, 7) is -0.226. The van der Waals surface area contributed by atoms with Crippen molar-refractivity contribution in [1.29, 1.82) is 0 Å². The van der Waals surface area contributed by atoms with Crippen LogP contribution < -0.4 is 10.4 Å². The van der Waals surface area contributed by atoms with Crippen LogP contribution in [0.1, 0.15) is 6.92 Å². The third-order valence-corrected chi connectivity index (χ3v) is 5.21. The summed E-state index contributed by atoms with van der Waals surface area (Å²) in [5.41, 5.74) is 0. The first-order chi connectivity index (χ1) is 15.5. The molecule has 2 aliphatic heterocycles. The lowest BCUT2D eigenvalue weighted by Crippen LogP contribution is -2.66. The molecule has 1 saturated heterocycles. The van der Waals surface area contributed by atoms with Gasteiger partial charge < -0.3 is 53.9 Å². The second-order valence-corrected chi connectivity index (χ2v) is 8.90. The van der Waals surface area contributed by atoms with Gasteiger partial charge >= 0.3 is 0 Å². The molecule has 0 aromatic carbocycles. The summed E-state index contributed by atoms with van der Waals surface area (Å²) in [6, 6.07) is -1.67. The first-order valence-electron chi connectivity index (χ1n) is 8.95. The van der Waals surface area contributed by atoms with Crippen molar-refractivity contribution in [3.63, 3.8) is 0 Å². The Hall–Kier alpha value is -1.98. The van der Waals surface area contributed by atoms with E-state index in [1.807, 2.05) is 0 Å². The van der Waals surface area contributed by atoms with Gasteiger partial charge in [0.2, 0.25) is 33.0 Å². The van der Waals surface area contributed by atoms with Crippen molar-refractivity contribution in [2.24, 2.45) is 0 Å². The molecule has 2 rings (SSSR count). The summed E-state index contributed by atoms with van der Waals surface area (Å²) in [7, 11) is -10.9. The number of rotatable bonds is 9. The Bertz CT molecular complexity index is 1010. The third kappa shape index (κ3) is 7.78. The molecule has 1 fully saturated rings. The predicted molar refractivity (Wildman–Crippen MR) is 93.6 cm³/mol. The molecule has 0 aliphatic carbocycles. The predicted octanol–water partition coefficient (Wildman–Crippen LogP) is -6.37. The first kappa shape index (κ1) is 28.3. The molecule has 0 aromatic heterocycles. The Labute approximate surface area is 191 Å². The van der Waals surface area contributed by atoms with Gasteiger partial charge in [-0.25, -0.2) is 16.8 Å². The molecular weight excluding hydrogens is 518 g/mol. The zero-order valence-corrected chi connectivity index (χ0v) is 18.4.